The molecule has 1 N–H and O–H groups in total. The largest absolute Gasteiger partial charge is 0.492 e. The van der Waals surface area contributed by atoms with E-state index in [0.29, 0.717) is 13.2 Å². The van der Waals surface area contributed by atoms with Gasteiger partial charge in [0, 0.05) is 22.6 Å². The molecule has 5 nitrogen and oxygen atoms in total. The number of ether oxygens (including phenoxy) is 1. The van der Waals surface area contributed by atoms with E-state index in [1.807, 2.05) is 48.5 Å². The van der Waals surface area contributed by atoms with E-state index in [4.69, 9.17) is 4.74 Å². The maximum atomic E-state index is 12.7. The topological polar surface area (TPSA) is 58.6 Å². The van der Waals surface area contributed by atoms with Gasteiger partial charge in [-0.1, -0.05) is 34.1 Å². The molecule has 0 fully saturated rings. The highest BCUT2D eigenvalue weighted by Crippen LogP contribution is 2.37. The lowest BCUT2D eigenvalue weighted by molar-refractivity contribution is -0.126. The Balaban J connectivity index is 1.76. The standard InChI is InChI=1S/C18H17BrN2O3/c1-12(22)20-17-15-11-13(19)7-8-16(15)21(18(17)23)9-10-24-14-5-3-2-4-6-14/h2-8,11,17H,9-10H2,1H3,(H,20,22)/t17-/m0/s1. The van der Waals surface area contributed by atoms with Crippen LogP contribution in [0.15, 0.2) is 53.0 Å². The van der Waals surface area contributed by atoms with E-state index >= 15 is 0 Å². The van der Waals surface area contributed by atoms with E-state index in [0.717, 1.165) is 21.5 Å². The number of nitrogens with zero attached hydrogens (tertiary/aromatic N) is 1. The number of para-hydroxylation sites is 1. The fraction of sp³-hybridized carbons (Fsp3) is 0.222. The van der Waals surface area contributed by atoms with Crippen LogP contribution in [0.4, 0.5) is 5.69 Å². The van der Waals surface area contributed by atoms with Crippen molar-refractivity contribution in [1.29, 1.82) is 0 Å². The lowest BCUT2D eigenvalue weighted by Crippen LogP contribution is -2.38. The third-order valence-electron chi connectivity index (χ3n) is 3.78. The van der Waals surface area contributed by atoms with Crippen LogP contribution in [0.5, 0.6) is 5.75 Å². The number of hydrogen-bond donors (Lipinski definition) is 1. The van der Waals surface area contributed by atoms with Crippen LogP contribution in [0.2, 0.25) is 0 Å². The van der Waals surface area contributed by atoms with Crippen LogP contribution in [0.1, 0.15) is 18.5 Å². The van der Waals surface area contributed by atoms with Crippen LogP contribution >= 0.6 is 15.9 Å². The van der Waals surface area contributed by atoms with Gasteiger partial charge in [-0.15, -0.1) is 0 Å². The maximum Gasteiger partial charge on any atom is 0.254 e. The fourth-order valence-electron chi connectivity index (χ4n) is 2.75. The van der Waals surface area contributed by atoms with Crippen molar-refractivity contribution in [2.45, 2.75) is 13.0 Å². The highest BCUT2D eigenvalue weighted by Gasteiger charge is 2.37. The van der Waals surface area contributed by atoms with Crippen molar-refractivity contribution in [3.05, 3.63) is 58.6 Å². The van der Waals surface area contributed by atoms with E-state index in [2.05, 4.69) is 21.2 Å². The molecule has 0 saturated carbocycles. The molecule has 2 aromatic carbocycles. The zero-order chi connectivity index (χ0) is 17.1. The number of rotatable bonds is 5. The molecule has 24 heavy (non-hydrogen) atoms. The first-order valence-corrected chi connectivity index (χ1v) is 8.41. The van der Waals surface area contributed by atoms with E-state index in [1.54, 1.807) is 4.90 Å². The molecule has 6 heteroatoms. The summed E-state index contributed by atoms with van der Waals surface area (Å²) >= 11 is 3.41. The van der Waals surface area contributed by atoms with Crippen molar-refractivity contribution in [2.75, 3.05) is 18.1 Å². The van der Waals surface area contributed by atoms with Gasteiger partial charge in [-0.2, -0.15) is 0 Å². The van der Waals surface area contributed by atoms with Crippen molar-refractivity contribution in [2.24, 2.45) is 0 Å². The molecule has 1 aliphatic heterocycles. The lowest BCUT2D eigenvalue weighted by atomic mass is 10.1. The molecule has 0 radical (unpaired) electrons. The third kappa shape index (κ3) is 3.43. The number of carbonyl (C=O) groups is 2. The van der Waals surface area contributed by atoms with Gasteiger partial charge in [0.05, 0.1) is 6.54 Å². The summed E-state index contributed by atoms with van der Waals surface area (Å²) in [4.78, 5) is 25.8. The number of benzene rings is 2. The van der Waals surface area contributed by atoms with E-state index < -0.39 is 6.04 Å². The summed E-state index contributed by atoms with van der Waals surface area (Å²) in [6.45, 7) is 2.20. The SMILES string of the molecule is CC(=O)N[C@@H]1C(=O)N(CCOc2ccccc2)c2ccc(Br)cc21. The zero-order valence-corrected chi connectivity index (χ0v) is 14.7. The molecule has 0 bridgehead atoms. The monoisotopic (exact) mass is 388 g/mol. The first-order chi connectivity index (χ1) is 11.6. The van der Waals surface area contributed by atoms with E-state index in [1.165, 1.54) is 6.92 Å². The summed E-state index contributed by atoms with van der Waals surface area (Å²) < 4.78 is 6.55. The van der Waals surface area contributed by atoms with Crippen LogP contribution in [0, 0.1) is 0 Å². The van der Waals surface area contributed by atoms with Crippen LogP contribution in [0.25, 0.3) is 0 Å². The van der Waals surface area contributed by atoms with Crippen LogP contribution < -0.4 is 15.0 Å². The van der Waals surface area contributed by atoms with E-state index in [-0.39, 0.29) is 11.8 Å². The summed E-state index contributed by atoms with van der Waals surface area (Å²) in [5, 5.41) is 2.72. The molecular formula is C18H17BrN2O3. The first kappa shape index (κ1) is 16.5. The molecule has 0 unspecified atom stereocenters. The van der Waals surface area contributed by atoms with Crippen molar-refractivity contribution >= 4 is 33.4 Å². The summed E-state index contributed by atoms with van der Waals surface area (Å²) in [6.07, 6.45) is 0. The molecule has 2 aromatic rings. The lowest BCUT2D eigenvalue weighted by Gasteiger charge is -2.18. The second-order valence-electron chi connectivity index (χ2n) is 5.49. The number of hydrogen-bond acceptors (Lipinski definition) is 3. The molecular weight excluding hydrogens is 372 g/mol. The molecule has 0 saturated heterocycles. The Labute approximate surface area is 148 Å². The average molecular weight is 389 g/mol. The second-order valence-corrected chi connectivity index (χ2v) is 6.40. The molecule has 3 rings (SSSR count). The molecule has 0 aromatic heterocycles. The first-order valence-electron chi connectivity index (χ1n) is 7.62. The maximum absolute atomic E-state index is 12.7. The average Bonchev–Trinajstić information content (AvgIpc) is 2.80. The zero-order valence-electron chi connectivity index (χ0n) is 13.2. The van der Waals surface area contributed by atoms with Gasteiger partial charge in [-0.25, -0.2) is 0 Å². The summed E-state index contributed by atoms with van der Waals surface area (Å²) in [5.41, 5.74) is 1.60. The Morgan fingerprint density at radius 2 is 2.00 bits per heavy atom. The van der Waals surface area contributed by atoms with Gasteiger partial charge in [-0.3, -0.25) is 9.59 Å². The van der Waals surface area contributed by atoms with Gasteiger partial charge in [0.1, 0.15) is 18.4 Å². The van der Waals surface area contributed by atoms with Crippen LogP contribution in [-0.2, 0) is 9.59 Å². The Kier molecular flexibility index (Phi) is 4.85. The van der Waals surface area contributed by atoms with Gasteiger partial charge in [-0.05, 0) is 30.3 Å². The summed E-state index contributed by atoms with van der Waals surface area (Å²) in [7, 11) is 0. The van der Waals surface area contributed by atoms with Gasteiger partial charge in [0.25, 0.3) is 5.91 Å². The fourth-order valence-corrected chi connectivity index (χ4v) is 3.13. The highest BCUT2D eigenvalue weighted by atomic mass is 79.9. The minimum Gasteiger partial charge on any atom is -0.492 e. The van der Waals surface area contributed by atoms with E-state index in [9.17, 15) is 9.59 Å². The number of amides is 2. The third-order valence-corrected chi connectivity index (χ3v) is 4.27. The van der Waals surface area contributed by atoms with Crippen LogP contribution in [-0.4, -0.2) is 25.0 Å². The van der Waals surface area contributed by atoms with Crippen molar-refractivity contribution in [3.8, 4) is 5.75 Å². The van der Waals surface area contributed by atoms with Gasteiger partial charge in [0.15, 0.2) is 0 Å². The molecule has 1 atom stereocenters. The molecule has 1 aliphatic rings. The molecule has 0 spiro atoms. The number of anilines is 1. The van der Waals surface area contributed by atoms with Gasteiger partial charge >= 0.3 is 0 Å². The molecule has 0 aliphatic carbocycles. The predicted octanol–water partition coefficient (Wildman–Crippen LogP) is 3.05. The van der Waals surface area contributed by atoms with Crippen molar-refractivity contribution < 1.29 is 14.3 Å². The molecule has 124 valence electrons. The second kappa shape index (κ2) is 7.05. The smallest absolute Gasteiger partial charge is 0.254 e. The summed E-state index contributed by atoms with van der Waals surface area (Å²) in [5.74, 6) is 0.384. The Morgan fingerprint density at radius 3 is 2.71 bits per heavy atom. The minimum absolute atomic E-state index is 0.144. The number of carbonyl (C=O) groups excluding carboxylic acids is 2. The quantitative estimate of drug-likeness (QED) is 0.855. The Hall–Kier alpha value is -2.34. The summed E-state index contributed by atoms with van der Waals surface area (Å²) in [6, 6.07) is 14.4. The minimum atomic E-state index is -0.647. The number of halogens is 1. The van der Waals surface area contributed by atoms with Crippen molar-refractivity contribution in [1.82, 2.24) is 5.32 Å². The predicted molar refractivity (Wildman–Crippen MR) is 95.0 cm³/mol. The van der Waals surface area contributed by atoms with Crippen molar-refractivity contribution in [3.63, 3.8) is 0 Å². The normalized spacial score (nSPS) is 16.0. The Morgan fingerprint density at radius 1 is 1.25 bits per heavy atom. The Bertz CT molecular complexity index is 764. The van der Waals surface area contributed by atoms with Gasteiger partial charge < -0.3 is 15.0 Å². The van der Waals surface area contributed by atoms with Gasteiger partial charge in [0.2, 0.25) is 5.91 Å². The number of fused-ring (bicyclic) bond motifs is 1. The molecule has 2 amide bonds. The molecule has 1 heterocycles. The number of nitrogens with one attached hydrogen (secondary N) is 1. The highest BCUT2D eigenvalue weighted by molar-refractivity contribution is 9.10. The van der Waals surface area contributed by atoms with Crippen LogP contribution in [0.3, 0.4) is 0 Å².